The molecule has 1 heterocycles. The third-order valence-electron chi connectivity index (χ3n) is 3.58. The zero-order chi connectivity index (χ0) is 12.3. The predicted molar refractivity (Wildman–Crippen MR) is 69.1 cm³/mol. The first-order valence-corrected chi connectivity index (χ1v) is 6.42. The van der Waals surface area contributed by atoms with E-state index in [2.05, 4.69) is 4.90 Å². The fourth-order valence-electron chi connectivity index (χ4n) is 2.59. The molecule has 0 aliphatic carbocycles. The average molecular weight is 235 g/mol. The van der Waals surface area contributed by atoms with Gasteiger partial charge in [-0.2, -0.15) is 0 Å². The molecule has 0 saturated carbocycles. The Labute approximate surface area is 103 Å². The van der Waals surface area contributed by atoms with E-state index in [1.807, 2.05) is 31.2 Å². The zero-order valence-corrected chi connectivity index (χ0v) is 10.3. The van der Waals surface area contributed by atoms with Gasteiger partial charge in [0, 0.05) is 17.8 Å². The monoisotopic (exact) mass is 235 g/mol. The molecule has 0 aromatic heterocycles. The summed E-state index contributed by atoms with van der Waals surface area (Å²) in [5.74, 6) is 0. The fraction of sp³-hybridized carbons (Fsp3) is 0.571. The van der Waals surface area contributed by atoms with Crippen molar-refractivity contribution in [3.05, 3.63) is 29.8 Å². The molecule has 1 aromatic carbocycles. The van der Waals surface area contributed by atoms with Gasteiger partial charge in [-0.05, 0) is 25.3 Å². The number of nitrogens with zero attached hydrogens (tertiary/aromatic N) is 1. The molecule has 2 rings (SSSR count). The Morgan fingerprint density at radius 1 is 1.41 bits per heavy atom. The van der Waals surface area contributed by atoms with Gasteiger partial charge in [-0.15, -0.1) is 0 Å². The summed E-state index contributed by atoms with van der Waals surface area (Å²) in [6, 6.07) is 8.19. The molecule has 17 heavy (non-hydrogen) atoms. The maximum absolute atomic E-state index is 10.0. The number of hydrogen-bond acceptors (Lipinski definition) is 3. The van der Waals surface area contributed by atoms with Crippen molar-refractivity contribution in [3.8, 4) is 0 Å². The van der Waals surface area contributed by atoms with E-state index in [0.717, 1.165) is 30.6 Å². The fourth-order valence-corrected chi connectivity index (χ4v) is 2.59. The first-order chi connectivity index (χ1) is 8.27. The second-order valence-electron chi connectivity index (χ2n) is 4.65. The molecular weight excluding hydrogens is 214 g/mol. The molecule has 3 heteroatoms. The third-order valence-corrected chi connectivity index (χ3v) is 3.58. The van der Waals surface area contributed by atoms with Gasteiger partial charge in [0.1, 0.15) is 0 Å². The molecule has 94 valence electrons. The summed E-state index contributed by atoms with van der Waals surface area (Å²) in [6.07, 6.45) is 2.45. The van der Waals surface area contributed by atoms with Crippen molar-refractivity contribution < 1.29 is 10.2 Å². The van der Waals surface area contributed by atoms with E-state index in [1.54, 1.807) is 0 Å². The van der Waals surface area contributed by atoms with E-state index in [-0.39, 0.29) is 12.6 Å². The molecule has 1 aliphatic rings. The topological polar surface area (TPSA) is 43.7 Å². The highest BCUT2D eigenvalue weighted by atomic mass is 16.3. The van der Waals surface area contributed by atoms with E-state index in [9.17, 15) is 10.2 Å². The van der Waals surface area contributed by atoms with Crippen LogP contribution in [0.5, 0.6) is 0 Å². The van der Waals surface area contributed by atoms with E-state index in [1.165, 1.54) is 0 Å². The number of benzene rings is 1. The van der Waals surface area contributed by atoms with Gasteiger partial charge in [-0.25, -0.2) is 0 Å². The van der Waals surface area contributed by atoms with Crippen molar-refractivity contribution in [1.82, 2.24) is 0 Å². The van der Waals surface area contributed by atoms with E-state index < -0.39 is 6.10 Å². The smallest absolute Gasteiger partial charge is 0.0807 e. The van der Waals surface area contributed by atoms with Gasteiger partial charge >= 0.3 is 0 Å². The predicted octanol–water partition coefficient (Wildman–Crippen LogP) is 2.09. The van der Waals surface area contributed by atoms with Crippen molar-refractivity contribution in [2.45, 2.75) is 38.3 Å². The first-order valence-electron chi connectivity index (χ1n) is 6.42. The molecule has 0 bridgehead atoms. The summed E-state index contributed by atoms with van der Waals surface area (Å²) >= 11 is 0. The van der Waals surface area contributed by atoms with Gasteiger partial charge in [-0.1, -0.05) is 25.1 Å². The molecule has 1 aromatic rings. The minimum Gasteiger partial charge on any atom is -0.394 e. The lowest BCUT2D eigenvalue weighted by Crippen LogP contribution is -2.33. The van der Waals surface area contributed by atoms with Crippen LogP contribution in [-0.4, -0.2) is 29.4 Å². The summed E-state index contributed by atoms with van der Waals surface area (Å²) in [7, 11) is 0. The Balaban J connectivity index is 2.31. The lowest BCUT2D eigenvalue weighted by Gasteiger charge is -2.28. The highest BCUT2D eigenvalue weighted by Gasteiger charge is 2.26. The van der Waals surface area contributed by atoms with Crippen LogP contribution in [-0.2, 0) is 0 Å². The van der Waals surface area contributed by atoms with Crippen molar-refractivity contribution in [2.75, 3.05) is 18.1 Å². The molecule has 3 nitrogen and oxygen atoms in total. The van der Waals surface area contributed by atoms with Crippen LogP contribution in [0.2, 0.25) is 0 Å². The van der Waals surface area contributed by atoms with Crippen LogP contribution < -0.4 is 4.90 Å². The number of aliphatic hydroxyl groups excluding tert-OH is 2. The molecule has 0 spiro atoms. The van der Waals surface area contributed by atoms with E-state index >= 15 is 0 Å². The molecule has 2 atom stereocenters. The van der Waals surface area contributed by atoms with Crippen LogP contribution >= 0.6 is 0 Å². The summed E-state index contributed by atoms with van der Waals surface area (Å²) in [4.78, 5) is 2.23. The average Bonchev–Trinajstić information content (AvgIpc) is 2.86. The standard InChI is InChI=1S/C14H21NO2/c1-2-14(17)12-7-3-4-8-13(12)15-9-5-6-11(15)10-16/h3-4,7-8,11,14,16-17H,2,5-6,9-10H2,1H3/t11?,14-/m1/s1. The summed E-state index contributed by atoms with van der Waals surface area (Å²) in [6.45, 7) is 3.14. The molecule has 1 aliphatic heterocycles. The molecule has 0 radical (unpaired) electrons. The van der Waals surface area contributed by atoms with Crippen LogP contribution in [0.3, 0.4) is 0 Å². The number of aliphatic hydroxyl groups is 2. The maximum atomic E-state index is 10.0. The minimum atomic E-state index is -0.411. The Bertz CT molecular complexity index is 367. The van der Waals surface area contributed by atoms with Crippen LogP contribution in [0.1, 0.15) is 37.9 Å². The molecule has 2 N–H and O–H groups in total. The number of anilines is 1. The quantitative estimate of drug-likeness (QED) is 0.840. The van der Waals surface area contributed by atoms with Crippen molar-refractivity contribution >= 4 is 5.69 Å². The summed E-state index contributed by atoms with van der Waals surface area (Å²) < 4.78 is 0. The van der Waals surface area contributed by atoms with Gasteiger partial charge in [-0.3, -0.25) is 0 Å². The third kappa shape index (κ3) is 2.45. The molecule has 1 saturated heterocycles. The number of rotatable bonds is 4. The van der Waals surface area contributed by atoms with E-state index in [0.29, 0.717) is 6.42 Å². The highest BCUT2D eigenvalue weighted by molar-refractivity contribution is 5.56. The van der Waals surface area contributed by atoms with Gasteiger partial charge in [0.05, 0.1) is 18.8 Å². The molecule has 1 fully saturated rings. The normalized spacial score (nSPS) is 21.8. The Hall–Kier alpha value is -1.06. The molecule has 1 unspecified atom stereocenters. The lowest BCUT2D eigenvalue weighted by molar-refractivity contribution is 0.173. The summed E-state index contributed by atoms with van der Waals surface area (Å²) in [5.41, 5.74) is 2.06. The largest absolute Gasteiger partial charge is 0.394 e. The van der Waals surface area contributed by atoms with E-state index in [4.69, 9.17) is 0 Å². The van der Waals surface area contributed by atoms with Gasteiger partial charge in [0.15, 0.2) is 0 Å². The van der Waals surface area contributed by atoms with Crippen molar-refractivity contribution in [1.29, 1.82) is 0 Å². The Morgan fingerprint density at radius 2 is 2.18 bits per heavy atom. The van der Waals surface area contributed by atoms with Gasteiger partial charge in [0.25, 0.3) is 0 Å². The molecular formula is C14H21NO2. The number of para-hydroxylation sites is 1. The van der Waals surface area contributed by atoms with Crippen LogP contribution in [0.25, 0.3) is 0 Å². The SMILES string of the molecule is CC[C@@H](O)c1ccccc1N1CCCC1CO. The zero-order valence-electron chi connectivity index (χ0n) is 10.3. The number of hydrogen-bond donors (Lipinski definition) is 2. The molecule has 0 amide bonds. The van der Waals surface area contributed by atoms with Crippen molar-refractivity contribution in [2.24, 2.45) is 0 Å². The van der Waals surface area contributed by atoms with Crippen molar-refractivity contribution in [3.63, 3.8) is 0 Å². The minimum absolute atomic E-state index is 0.191. The van der Waals surface area contributed by atoms with Gasteiger partial charge < -0.3 is 15.1 Å². The maximum Gasteiger partial charge on any atom is 0.0807 e. The van der Waals surface area contributed by atoms with Crippen LogP contribution in [0, 0.1) is 0 Å². The Kier molecular flexibility index (Phi) is 4.02. The second kappa shape index (κ2) is 5.52. The highest BCUT2D eigenvalue weighted by Crippen LogP contribution is 2.32. The van der Waals surface area contributed by atoms with Gasteiger partial charge in [0.2, 0.25) is 0 Å². The first kappa shape index (κ1) is 12.4. The lowest BCUT2D eigenvalue weighted by atomic mass is 10.0. The summed E-state index contributed by atoms with van der Waals surface area (Å²) in [5, 5.41) is 19.4. The Morgan fingerprint density at radius 3 is 2.88 bits per heavy atom. The second-order valence-corrected chi connectivity index (χ2v) is 4.65. The van der Waals surface area contributed by atoms with Crippen LogP contribution in [0.15, 0.2) is 24.3 Å². The van der Waals surface area contributed by atoms with Crippen LogP contribution in [0.4, 0.5) is 5.69 Å².